The standard InChI is InChI=1S/C70H113N5O57/c1-18(87)71-39-52(125-61-48(107)57(43(102)26(9-79)120-61)131-69(65(114)115)4-21(90)37(74-33(97)15-85)55(129-69)42(101)25(94)8-78)45(104)30(17-118-67(63(110)111)2-19(88)35(72-31(95)13-83)53(127-67)40(99)23(92)6-76)122-60(39)124-51-29(12-82)121-62(123-50-28(11-81)119-59(109)47(106)46(50)105)49(108)58(51)132-70(66(116)117)5-22(91)38(75-34(98)16-86)56(130-70)44(103)27(10-80)126-68(64(112)113)3-20(89)36(73-32(96)14-84)54(128-68)41(100)24(93)7-77/h19-30,35-62,76-86,88-94,99-109H,2-17H2,1H3,(H,71,87)(H,72,95)(H,73,96)(H,74,97)(H,75,98)(H,110,111)(H,112,113)(H,114,115)(H,116,117)/t19-,20-,21-,22-,23+,24+,25+,26+,27+,28+,29+,30+,35+,36+,37+,38+,39+,40+,41+,42+,43-,44+,45-,46+,47+,48+,49+,50+,51-,52+,53+,54+,55+,56+,57-,58+,59+,60-,61-,62-,67+,68+,69-,70-/m0/s1. The quantitative estimate of drug-likeness (QED) is 0.0270. The van der Waals surface area contributed by atoms with E-state index in [1.807, 2.05) is 21.3 Å². The van der Waals surface area contributed by atoms with E-state index in [0.29, 0.717) is 6.92 Å². The maximum atomic E-state index is 14.5. The summed E-state index contributed by atoms with van der Waals surface area (Å²) in [5.41, 5.74) is 0. The van der Waals surface area contributed by atoms with Gasteiger partial charge in [-0.15, -0.1) is 0 Å². The summed E-state index contributed by atoms with van der Waals surface area (Å²) in [5.74, 6) is -31.5. The maximum absolute atomic E-state index is 14.5. The summed E-state index contributed by atoms with van der Waals surface area (Å²) < 4.78 is 87.9. The predicted octanol–water partition coefficient (Wildman–Crippen LogP) is -25.0. The number of carbonyl (C=O) groups is 9. The van der Waals surface area contributed by atoms with Crippen LogP contribution < -0.4 is 26.6 Å². The van der Waals surface area contributed by atoms with Crippen molar-refractivity contribution in [2.45, 2.75) is 300 Å². The van der Waals surface area contributed by atoms with Gasteiger partial charge in [0.05, 0.1) is 101 Å². The van der Waals surface area contributed by atoms with Crippen LogP contribution in [0.4, 0.5) is 0 Å². The third-order valence-corrected chi connectivity index (χ3v) is 23.0. The number of nitrogens with one attached hydrogen (secondary N) is 5. The average molecular weight is 1940 g/mol. The van der Waals surface area contributed by atoms with Crippen LogP contribution in [0.25, 0.3) is 0 Å². The van der Waals surface area contributed by atoms with Gasteiger partial charge in [0.1, 0.15) is 197 Å². The highest BCUT2D eigenvalue weighted by Gasteiger charge is 2.67. The molecule has 8 saturated heterocycles. The van der Waals surface area contributed by atoms with Crippen molar-refractivity contribution in [1.29, 1.82) is 0 Å². The number of ether oxygens (including phenoxy) is 15. The Balaban J connectivity index is 1.31. The molecule has 760 valence electrons. The number of rotatable bonds is 43. The zero-order valence-electron chi connectivity index (χ0n) is 69.0. The fourth-order valence-corrected chi connectivity index (χ4v) is 16.2. The number of hydrogen-bond acceptors (Lipinski definition) is 53. The lowest BCUT2D eigenvalue weighted by atomic mass is 9.87. The van der Waals surface area contributed by atoms with Crippen LogP contribution in [-0.2, 0) is 114 Å². The number of carbonyl (C=O) groups excluding carboxylic acids is 5. The molecule has 0 saturated carbocycles. The van der Waals surface area contributed by atoms with Crippen LogP contribution in [0.5, 0.6) is 0 Å². The first-order valence-electron chi connectivity index (χ1n) is 40.3. The molecule has 8 aliphatic heterocycles. The zero-order chi connectivity index (χ0) is 98.7. The Kier molecular flexibility index (Phi) is 39.6. The molecule has 0 radical (unpaired) electrons. The smallest absolute Gasteiger partial charge is 0.364 e. The molecular weight excluding hydrogens is 1820 g/mol. The van der Waals surface area contributed by atoms with Crippen LogP contribution in [0.2, 0.25) is 0 Å². The monoisotopic (exact) mass is 1940 g/mol. The summed E-state index contributed by atoms with van der Waals surface area (Å²) in [7, 11) is 0. The van der Waals surface area contributed by atoms with Crippen LogP contribution in [0.15, 0.2) is 0 Å². The molecule has 8 heterocycles. The Morgan fingerprint density at radius 1 is 0.341 bits per heavy atom. The first-order chi connectivity index (χ1) is 62.0. The topological polar surface area (TPSA) is 1020 Å². The van der Waals surface area contributed by atoms with E-state index >= 15 is 0 Å². The van der Waals surface area contributed by atoms with Crippen molar-refractivity contribution < 1.29 is 283 Å². The molecule has 8 aliphatic rings. The summed E-state index contributed by atoms with van der Waals surface area (Å²) in [5, 5.41) is 375. The number of aliphatic hydroxyl groups is 29. The summed E-state index contributed by atoms with van der Waals surface area (Å²) >= 11 is 0. The van der Waals surface area contributed by atoms with E-state index < -0.39 is 426 Å². The van der Waals surface area contributed by atoms with E-state index in [1.54, 1.807) is 0 Å². The SMILES string of the molecule is CC(=O)N[C@H]1[C@H](O[C@@H]2[C@H](O[C@]3(C(=O)O)C[C@H](O)[C@@H](NC(=O)CO)[C@H]([C@H](O)[C@@H](CO)O[C@]4(C(=O)O)C[C@H](O)[C@@H](NC(=O)CO)[C@H]([C@H](O)[C@H](O)CO)O4)O3)[C@@H](O)[C@H](O[C@H]3[C@H](O)[C@@H](O)[C@H](O)O[C@@H]3CO)O[C@@H]2CO)O[C@H](CO[C@]2(C(=O)O)C[C@H](O)[C@@H](NC(=O)CO)[C@H]([C@H](O)[C@H](O)CO)O2)[C@H](O)[C@@H]1O[C@@H]1O[C@H](CO)[C@H](O)[C@H](O[C@]2(C(=O)O)C[C@H](O)[C@@H](NC(=O)CO)[C@H]([C@H](O)[C@H](O)CO)O2)[C@H]1O. The van der Waals surface area contributed by atoms with Crippen molar-refractivity contribution >= 4 is 53.4 Å². The van der Waals surface area contributed by atoms with Gasteiger partial charge in [0.15, 0.2) is 25.2 Å². The van der Waals surface area contributed by atoms with Crippen molar-refractivity contribution in [3.8, 4) is 0 Å². The average Bonchev–Trinajstić information content (AvgIpc) is 0.728. The van der Waals surface area contributed by atoms with Gasteiger partial charge in [-0.3, -0.25) is 24.0 Å². The van der Waals surface area contributed by atoms with Gasteiger partial charge < -0.3 is 266 Å². The largest absolute Gasteiger partial charge is 0.477 e. The van der Waals surface area contributed by atoms with E-state index in [9.17, 15) is 212 Å². The van der Waals surface area contributed by atoms with Crippen molar-refractivity contribution in [3.63, 3.8) is 0 Å². The number of amides is 5. The van der Waals surface area contributed by atoms with Crippen molar-refractivity contribution in [1.82, 2.24) is 26.6 Å². The van der Waals surface area contributed by atoms with E-state index in [2.05, 4.69) is 5.32 Å². The minimum Gasteiger partial charge on any atom is -0.477 e. The van der Waals surface area contributed by atoms with E-state index in [-0.39, 0.29) is 0 Å². The molecule has 5 amide bonds. The highest BCUT2D eigenvalue weighted by Crippen LogP contribution is 2.45. The van der Waals surface area contributed by atoms with Gasteiger partial charge in [0.2, 0.25) is 29.5 Å². The van der Waals surface area contributed by atoms with Gasteiger partial charge >= 0.3 is 23.9 Å². The first-order valence-corrected chi connectivity index (χ1v) is 40.3. The Morgan fingerprint density at radius 3 is 1.06 bits per heavy atom. The highest BCUT2D eigenvalue weighted by molar-refractivity contribution is 5.81. The maximum Gasteiger partial charge on any atom is 0.364 e. The normalized spacial score (nSPS) is 41.6. The second-order valence-corrected chi connectivity index (χ2v) is 31.9. The number of carboxylic acids is 4. The van der Waals surface area contributed by atoms with E-state index in [1.165, 1.54) is 0 Å². The van der Waals surface area contributed by atoms with Crippen molar-refractivity contribution in [2.24, 2.45) is 0 Å². The molecule has 0 aromatic heterocycles. The van der Waals surface area contributed by atoms with Gasteiger partial charge in [0, 0.05) is 32.6 Å². The highest BCUT2D eigenvalue weighted by atomic mass is 16.8. The molecule has 38 N–H and O–H groups in total. The fourth-order valence-electron chi connectivity index (χ4n) is 16.2. The molecule has 62 nitrogen and oxygen atoms in total. The summed E-state index contributed by atoms with van der Waals surface area (Å²) in [6.07, 6.45) is -97.7. The first kappa shape index (κ1) is 111. The van der Waals surface area contributed by atoms with Gasteiger partial charge in [0.25, 0.3) is 23.1 Å². The fraction of sp³-hybridized carbons (Fsp3) is 0.871. The van der Waals surface area contributed by atoms with E-state index in [4.69, 9.17) is 71.1 Å². The van der Waals surface area contributed by atoms with Gasteiger partial charge in [-0.05, 0) is 0 Å². The summed E-state index contributed by atoms with van der Waals surface area (Å²) in [4.78, 5) is 120. The summed E-state index contributed by atoms with van der Waals surface area (Å²) in [6, 6.07) is -11.3. The van der Waals surface area contributed by atoms with E-state index in [0.717, 1.165) is 0 Å². The number of aliphatic carboxylic acids is 4. The minimum atomic E-state index is -4.03. The second-order valence-electron chi connectivity index (χ2n) is 31.9. The number of carboxylic acid groups (broad SMARTS) is 4. The van der Waals surface area contributed by atoms with Gasteiger partial charge in [-0.25, -0.2) is 19.2 Å². The third-order valence-electron chi connectivity index (χ3n) is 23.0. The van der Waals surface area contributed by atoms with Crippen LogP contribution in [0, 0.1) is 0 Å². The molecule has 0 spiro atoms. The number of aliphatic hydroxyl groups excluding tert-OH is 29. The van der Waals surface area contributed by atoms with Gasteiger partial charge in [-0.1, -0.05) is 0 Å². The van der Waals surface area contributed by atoms with Gasteiger partial charge in [-0.2, -0.15) is 0 Å². The van der Waals surface area contributed by atoms with Crippen molar-refractivity contribution in [2.75, 3.05) is 79.3 Å². The minimum absolute atomic E-state index is 0.663. The molecule has 0 unspecified atom stereocenters. The Bertz CT molecular complexity index is 3800. The van der Waals surface area contributed by atoms with Crippen LogP contribution in [0.3, 0.4) is 0 Å². The Hall–Kier alpha value is -6.53. The molecule has 62 heteroatoms. The second kappa shape index (κ2) is 47.2. The summed E-state index contributed by atoms with van der Waals surface area (Å²) in [6.45, 7) is -17.1. The lowest BCUT2D eigenvalue weighted by molar-refractivity contribution is -0.406. The zero-order valence-corrected chi connectivity index (χ0v) is 69.0. The third kappa shape index (κ3) is 24.2. The lowest BCUT2D eigenvalue weighted by Crippen LogP contribution is -2.73. The molecule has 0 aromatic rings. The molecule has 8 rings (SSSR count). The van der Waals surface area contributed by atoms with Crippen LogP contribution >= 0.6 is 0 Å². The van der Waals surface area contributed by atoms with Crippen LogP contribution in [0.1, 0.15) is 32.6 Å². The van der Waals surface area contributed by atoms with Crippen LogP contribution in [-0.4, -0.2) is 569 Å². The molecule has 8 fully saturated rings. The molecule has 0 bridgehead atoms. The number of hydrogen-bond donors (Lipinski definition) is 38. The Morgan fingerprint density at radius 2 is 0.674 bits per heavy atom. The molecule has 0 aromatic carbocycles. The molecule has 44 atom stereocenters. The lowest BCUT2D eigenvalue weighted by Gasteiger charge is -2.53. The molecule has 0 aliphatic carbocycles. The Labute approximate surface area is 740 Å². The predicted molar refractivity (Wildman–Crippen MR) is 397 cm³/mol. The van der Waals surface area contributed by atoms with Crippen molar-refractivity contribution in [3.05, 3.63) is 0 Å². The molecular formula is C70H113N5O57. The molecule has 132 heavy (non-hydrogen) atoms.